The summed E-state index contributed by atoms with van der Waals surface area (Å²) in [5, 5.41) is 6.93. The second kappa shape index (κ2) is 11.5. The van der Waals surface area contributed by atoms with E-state index in [2.05, 4.69) is 50.9 Å². The Kier molecular flexibility index (Phi) is 8.39. The standard InChI is InChI=1S/C24H34N4O2/c1-4-30-22-13-12-19(16-23(22)29-3)17-26-24(25-2)27-18-21(28-14-8-9-15-28)20-10-6-5-7-11-20/h5-7,10-13,16,21H,4,8-9,14-15,17-18H2,1-3H3,(H2,25,26,27). The second-order valence-electron chi connectivity index (χ2n) is 7.39. The van der Waals surface area contributed by atoms with Crippen molar-refractivity contribution in [1.82, 2.24) is 15.5 Å². The van der Waals surface area contributed by atoms with Crippen LogP contribution in [0.5, 0.6) is 11.5 Å². The summed E-state index contributed by atoms with van der Waals surface area (Å²) in [6.07, 6.45) is 2.55. The number of hydrogen-bond donors (Lipinski definition) is 2. The van der Waals surface area contributed by atoms with Crippen LogP contribution in [0.25, 0.3) is 0 Å². The topological polar surface area (TPSA) is 58.1 Å². The van der Waals surface area contributed by atoms with E-state index in [0.29, 0.717) is 19.2 Å². The maximum absolute atomic E-state index is 5.60. The van der Waals surface area contributed by atoms with E-state index < -0.39 is 0 Å². The molecule has 0 amide bonds. The van der Waals surface area contributed by atoms with Gasteiger partial charge in [0.05, 0.1) is 19.8 Å². The van der Waals surface area contributed by atoms with Gasteiger partial charge in [-0.15, -0.1) is 0 Å². The lowest BCUT2D eigenvalue weighted by Gasteiger charge is -2.29. The zero-order valence-electron chi connectivity index (χ0n) is 18.4. The van der Waals surface area contributed by atoms with Gasteiger partial charge in [-0.25, -0.2) is 0 Å². The molecule has 0 bridgehead atoms. The minimum Gasteiger partial charge on any atom is -0.493 e. The summed E-state index contributed by atoms with van der Waals surface area (Å²) < 4.78 is 11.1. The molecule has 30 heavy (non-hydrogen) atoms. The van der Waals surface area contributed by atoms with Gasteiger partial charge in [-0.1, -0.05) is 36.4 Å². The van der Waals surface area contributed by atoms with E-state index in [1.807, 2.05) is 32.2 Å². The van der Waals surface area contributed by atoms with Crippen molar-refractivity contribution < 1.29 is 9.47 Å². The summed E-state index contributed by atoms with van der Waals surface area (Å²) in [5.41, 5.74) is 2.45. The molecule has 2 N–H and O–H groups in total. The van der Waals surface area contributed by atoms with Crippen molar-refractivity contribution in [3.05, 3.63) is 59.7 Å². The number of ether oxygens (including phenoxy) is 2. The van der Waals surface area contributed by atoms with Gasteiger partial charge in [0, 0.05) is 20.1 Å². The van der Waals surface area contributed by atoms with Crippen LogP contribution in [0, 0.1) is 0 Å². The van der Waals surface area contributed by atoms with Crippen molar-refractivity contribution in [1.29, 1.82) is 0 Å². The first-order chi connectivity index (χ1) is 14.7. The Bertz CT molecular complexity index is 804. The second-order valence-corrected chi connectivity index (χ2v) is 7.39. The number of methoxy groups -OCH3 is 1. The van der Waals surface area contributed by atoms with E-state index in [1.165, 1.54) is 18.4 Å². The molecule has 3 rings (SSSR count). The molecule has 1 saturated heterocycles. The first kappa shape index (κ1) is 22.0. The Balaban J connectivity index is 1.59. The van der Waals surface area contributed by atoms with Crippen LogP contribution in [0.2, 0.25) is 0 Å². The molecule has 6 nitrogen and oxygen atoms in total. The fourth-order valence-electron chi connectivity index (χ4n) is 3.88. The van der Waals surface area contributed by atoms with Crippen molar-refractivity contribution in [3.8, 4) is 11.5 Å². The van der Waals surface area contributed by atoms with Gasteiger partial charge in [0.15, 0.2) is 17.5 Å². The normalized spacial score (nSPS) is 15.6. The highest BCUT2D eigenvalue weighted by atomic mass is 16.5. The molecule has 0 radical (unpaired) electrons. The minimum atomic E-state index is 0.345. The van der Waals surface area contributed by atoms with Crippen LogP contribution < -0.4 is 20.1 Å². The number of nitrogens with one attached hydrogen (secondary N) is 2. The molecule has 6 heteroatoms. The molecule has 1 aliphatic heterocycles. The fraction of sp³-hybridized carbons (Fsp3) is 0.458. The molecule has 2 aromatic carbocycles. The zero-order valence-corrected chi connectivity index (χ0v) is 18.4. The van der Waals surface area contributed by atoms with Crippen LogP contribution in [0.4, 0.5) is 0 Å². The average Bonchev–Trinajstić information content (AvgIpc) is 3.32. The molecular weight excluding hydrogens is 376 g/mol. The Morgan fingerprint density at radius 3 is 2.50 bits per heavy atom. The Morgan fingerprint density at radius 1 is 1.07 bits per heavy atom. The van der Waals surface area contributed by atoms with E-state index >= 15 is 0 Å². The number of likely N-dealkylation sites (tertiary alicyclic amines) is 1. The van der Waals surface area contributed by atoms with Gasteiger partial charge in [0.25, 0.3) is 0 Å². The highest BCUT2D eigenvalue weighted by molar-refractivity contribution is 5.79. The van der Waals surface area contributed by atoms with Gasteiger partial charge < -0.3 is 20.1 Å². The van der Waals surface area contributed by atoms with E-state index in [0.717, 1.165) is 42.7 Å². The van der Waals surface area contributed by atoms with Crippen LogP contribution >= 0.6 is 0 Å². The molecule has 2 aromatic rings. The predicted octanol–water partition coefficient (Wildman–Crippen LogP) is 3.60. The summed E-state index contributed by atoms with van der Waals surface area (Å²) in [5.74, 6) is 2.31. The molecule has 0 aromatic heterocycles. The van der Waals surface area contributed by atoms with Gasteiger partial charge in [-0.2, -0.15) is 0 Å². The maximum Gasteiger partial charge on any atom is 0.191 e. The first-order valence-electron chi connectivity index (χ1n) is 10.8. The molecule has 1 fully saturated rings. The van der Waals surface area contributed by atoms with Crippen molar-refractivity contribution in [3.63, 3.8) is 0 Å². The molecule has 0 saturated carbocycles. The number of rotatable bonds is 9. The fourth-order valence-corrected chi connectivity index (χ4v) is 3.88. The Hall–Kier alpha value is -2.73. The maximum atomic E-state index is 5.60. The van der Waals surface area contributed by atoms with Gasteiger partial charge in [0.1, 0.15) is 0 Å². The number of hydrogen-bond acceptors (Lipinski definition) is 4. The number of guanidine groups is 1. The van der Waals surface area contributed by atoms with Gasteiger partial charge in [0.2, 0.25) is 0 Å². The number of aliphatic imine (C=N–C) groups is 1. The summed E-state index contributed by atoms with van der Waals surface area (Å²) >= 11 is 0. The van der Waals surface area contributed by atoms with E-state index in [9.17, 15) is 0 Å². The lowest BCUT2D eigenvalue weighted by molar-refractivity contribution is 0.245. The molecule has 1 heterocycles. The first-order valence-corrected chi connectivity index (χ1v) is 10.8. The molecule has 0 spiro atoms. The number of benzene rings is 2. The highest BCUT2D eigenvalue weighted by Crippen LogP contribution is 2.28. The van der Waals surface area contributed by atoms with Crippen LogP contribution in [-0.2, 0) is 6.54 Å². The third-order valence-electron chi connectivity index (χ3n) is 5.44. The molecule has 1 unspecified atom stereocenters. The monoisotopic (exact) mass is 410 g/mol. The van der Waals surface area contributed by atoms with Crippen LogP contribution in [0.15, 0.2) is 53.5 Å². The summed E-state index contributed by atoms with van der Waals surface area (Å²) in [4.78, 5) is 6.97. The molecule has 1 aliphatic rings. The quantitative estimate of drug-likeness (QED) is 0.489. The van der Waals surface area contributed by atoms with Gasteiger partial charge in [-0.3, -0.25) is 9.89 Å². The van der Waals surface area contributed by atoms with Crippen molar-refractivity contribution >= 4 is 5.96 Å². The third-order valence-corrected chi connectivity index (χ3v) is 5.44. The van der Waals surface area contributed by atoms with Crippen molar-refractivity contribution in [2.45, 2.75) is 32.4 Å². The van der Waals surface area contributed by atoms with E-state index in [4.69, 9.17) is 9.47 Å². The zero-order chi connectivity index (χ0) is 21.2. The lowest BCUT2D eigenvalue weighted by atomic mass is 10.1. The van der Waals surface area contributed by atoms with Crippen molar-refractivity contribution in [2.75, 3.05) is 40.4 Å². The largest absolute Gasteiger partial charge is 0.493 e. The molecule has 162 valence electrons. The minimum absolute atomic E-state index is 0.345. The summed E-state index contributed by atoms with van der Waals surface area (Å²) in [6, 6.07) is 17.1. The third kappa shape index (κ3) is 5.89. The van der Waals surface area contributed by atoms with Gasteiger partial charge >= 0.3 is 0 Å². The van der Waals surface area contributed by atoms with Gasteiger partial charge in [-0.05, 0) is 56.1 Å². The predicted molar refractivity (Wildman–Crippen MR) is 122 cm³/mol. The smallest absolute Gasteiger partial charge is 0.191 e. The SMILES string of the molecule is CCOc1ccc(CNC(=NC)NCC(c2ccccc2)N2CCCC2)cc1OC. The number of nitrogens with zero attached hydrogens (tertiary/aromatic N) is 2. The van der Waals surface area contributed by atoms with E-state index in [-0.39, 0.29) is 0 Å². The molecular formula is C24H34N4O2. The highest BCUT2D eigenvalue weighted by Gasteiger charge is 2.23. The Labute approximate surface area is 180 Å². The van der Waals surface area contributed by atoms with E-state index in [1.54, 1.807) is 7.11 Å². The summed E-state index contributed by atoms with van der Waals surface area (Å²) in [7, 11) is 3.47. The van der Waals surface area contributed by atoms with Crippen molar-refractivity contribution in [2.24, 2.45) is 4.99 Å². The molecule has 1 atom stereocenters. The van der Waals surface area contributed by atoms with Crippen LogP contribution in [0.1, 0.15) is 36.9 Å². The Morgan fingerprint density at radius 2 is 1.83 bits per heavy atom. The lowest BCUT2D eigenvalue weighted by Crippen LogP contribution is -2.42. The van der Waals surface area contributed by atoms with Crippen LogP contribution in [0.3, 0.4) is 0 Å². The summed E-state index contributed by atoms with van der Waals surface area (Å²) in [6.45, 7) is 6.36. The molecule has 0 aliphatic carbocycles. The average molecular weight is 411 g/mol. The van der Waals surface area contributed by atoms with Crippen LogP contribution in [-0.4, -0.2) is 51.3 Å².